The molecule has 0 aliphatic rings. The molecule has 2 N–H and O–H groups in total. The molecule has 0 amide bonds. The fraction of sp³-hybridized carbons (Fsp3) is 0.444. The van der Waals surface area contributed by atoms with E-state index in [1.54, 1.807) is 23.1 Å². The van der Waals surface area contributed by atoms with E-state index in [2.05, 4.69) is 29.3 Å². The summed E-state index contributed by atoms with van der Waals surface area (Å²) in [5.41, 5.74) is 1.72. The Morgan fingerprint density at radius 1 is 1.42 bits per heavy atom. The molecular formula is C18H25ClN4O. The Kier molecular flexibility index (Phi) is 6.82. The summed E-state index contributed by atoms with van der Waals surface area (Å²) in [6.45, 7) is 4.91. The van der Waals surface area contributed by atoms with Crippen LogP contribution in [0.5, 0.6) is 5.75 Å². The number of aromatic hydroxyl groups is 1. The molecule has 0 bridgehead atoms. The Morgan fingerprint density at radius 2 is 2.21 bits per heavy atom. The van der Waals surface area contributed by atoms with Gasteiger partial charge in [-0.25, -0.2) is 0 Å². The van der Waals surface area contributed by atoms with Gasteiger partial charge in [-0.3, -0.25) is 9.67 Å². The van der Waals surface area contributed by atoms with E-state index in [9.17, 15) is 5.11 Å². The maximum Gasteiger partial charge on any atom is 0.120 e. The van der Waals surface area contributed by atoms with E-state index >= 15 is 0 Å². The van der Waals surface area contributed by atoms with Crippen LogP contribution in [-0.2, 0) is 13.0 Å². The third-order valence-corrected chi connectivity index (χ3v) is 4.19. The van der Waals surface area contributed by atoms with Crippen molar-refractivity contribution in [2.24, 2.45) is 10.9 Å². The topological polar surface area (TPSA) is 62.4 Å². The summed E-state index contributed by atoms with van der Waals surface area (Å²) in [6, 6.07) is 5.87. The number of phenolic OH excluding ortho intramolecular Hbond substituents is 1. The van der Waals surface area contributed by atoms with E-state index in [-0.39, 0.29) is 5.92 Å². The van der Waals surface area contributed by atoms with Gasteiger partial charge in [-0.1, -0.05) is 24.6 Å². The number of benzene rings is 1. The standard InChI is InChI=1S/C18H25ClN4O/c1-13(11-23-12-15(19)10-22-23)9-21-17-5-4-6-18(24)16(17)8-7-14(2)20-3/h4-6,9-10,12-14,20,24H,7-8,11H2,1-3H3/b21-9+. The summed E-state index contributed by atoms with van der Waals surface area (Å²) in [5.74, 6) is 0.506. The van der Waals surface area contributed by atoms with Crippen LogP contribution in [0.3, 0.4) is 0 Å². The zero-order valence-electron chi connectivity index (χ0n) is 14.4. The zero-order chi connectivity index (χ0) is 17.5. The quantitative estimate of drug-likeness (QED) is 0.713. The highest BCUT2D eigenvalue weighted by Gasteiger charge is 2.09. The predicted octanol–water partition coefficient (Wildman–Crippen LogP) is 3.82. The van der Waals surface area contributed by atoms with Gasteiger partial charge in [0.1, 0.15) is 5.75 Å². The molecule has 5 nitrogen and oxygen atoms in total. The van der Waals surface area contributed by atoms with Crippen molar-refractivity contribution in [2.45, 2.75) is 39.3 Å². The van der Waals surface area contributed by atoms with Gasteiger partial charge in [-0.2, -0.15) is 5.10 Å². The minimum absolute atomic E-state index is 0.201. The monoisotopic (exact) mass is 348 g/mol. The number of aromatic nitrogens is 2. The first-order chi connectivity index (χ1) is 11.5. The van der Waals surface area contributed by atoms with Crippen molar-refractivity contribution >= 4 is 23.5 Å². The van der Waals surface area contributed by atoms with Crippen LogP contribution in [0.15, 0.2) is 35.6 Å². The smallest absolute Gasteiger partial charge is 0.120 e. The van der Waals surface area contributed by atoms with Gasteiger partial charge in [-0.05, 0) is 38.9 Å². The lowest BCUT2D eigenvalue weighted by Crippen LogP contribution is -2.21. The third-order valence-electron chi connectivity index (χ3n) is 3.99. The second kappa shape index (κ2) is 8.85. The van der Waals surface area contributed by atoms with Crippen molar-refractivity contribution < 1.29 is 5.11 Å². The predicted molar refractivity (Wildman–Crippen MR) is 99.5 cm³/mol. The van der Waals surface area contributed by atoms with Crippen LogP contribution < -0.4 is 5.32 Å². The number of phenols is 1. The van der Waals surface area contributed by atoms with E-state index in [4.69, 9.17) is 11.6 Å². The largest absolute Gasteiger partial charge is 0.508 e. The first kappa shape index (κ1) is 18.5. The molecule has 2 atom stereocenters. The lowest BCUT2D eigenvalue weighted by molar-refractivity contribution is 0.464. The van der Waals surface area contributed by atoms with E-state index < -0.39 is 0 Å². The minimum Gasteiger partial charge on any atom is -0.508 e. The molecule has 1 heterocycles. The molecule has 2 unspecified atom stereocenters. The Morgan fingerprint density at radius 3 is 2.88 bits per heavy atom. The summed E-state index contributed by atoms with van der Waals surface area (Å²) in [5, 5.41) is 18.2. The molecule has 130 valence electrons. The Labute approximate surface area is 148 Å². The van der Waals surface area contributed by atoms with E-state index in [1.807, 2.05) is 25.4 Å². The maximum atomic E-state index is 10.2. The van der Waals surface area contributed by atoms with Crippen LogP contribution in [0, 0.1) is 5.92 Å². The SMILES string of the molecule is CNC(C)CCc1c(O)cccc1/N=C/C(C)Cn1cc(Cl)cn1. The number of nitrogens with one attached hydrogen (secondary N) is 1. The maximum absolute atomic E-state index is 10.2. The molecule has 1 aromatic carbocycles. The van der Waals surface area contributed by atoms with Crippen molar-refractivity contribution in [2.75, 3.05) is 7.05 Å². The average Bonchev–Trinajstić information content (AvgIpc) is 2.96. The molecule has 0 aliphatic carbocycles. The summed E-state index contributed by atoms with van der Waals surface area (Å²) < 4.78 is 1.80. The molecule has 1 aromatic heterocycles. The Hall–Kier alpha value is -1.85. The molecule has 0 aliphatic heterocycles. The van der Waals surface area contributed by atoms with Crippen LogP contribution in [0.2, 0.25) is 5.02 Å². The lowest BCUT2D eigenvalue weighted by Gasteiger charge is -2.13. The number of nitrogens with zero attached hydrogens (tertiary/aromatic N) is 3. The van der Waals surface area contributed by atoms with Crippen LogP contribution in [0.1, 0.15) is 25.8 Å². The average molecular weight is 349 g/mol. The van der Waals surface area contributed by atoms with Gasteiger partial charge in [0.2, 0.25) is 0 Å². The van der Waals surface area contributed by atoms with Crippen LogP contribution >= 0.6 is 11.6 Å². The van der Waals surface area contributed by atoms with Crippen molar-refractivity contribution in [3.63, 3.8) is 0 Å². The molecule has 2 rings (SSSR count). The van der Waals surface area contributed by atoms with Gasteiger partial charge >= 0.3 is 0 Å². The summed E-state index contributed by atoms with van der Waals surface area (Å²) in [6.07, 6.45) is 7.05. The molecule has 6 heteroatoms. The van der Waals surface area contributed by atoms with E-state index in [1.165, 1.54) is 0 Å². The molecule has 2 aromatic rings. The second-order valence-corrected chi connectivity index (χ2v) is 6.58. The molecule has 0 saturated heterocycles. The van der Waals surface area contributed by atoms with Crippen molar-refractivity contribution in [3.05, 3.63) is 41.2 Å². The molecule has 0 fully saturated rings. The third kappa shape index (κ3) is 5.35. The molecule has 0 saturated carbocycles. The summed E-state index contributed by atoms with van der Waals surface area (Å²) in [7, 11) is 1.94. The van der Waals surface area contributed by atoms with Gasteiger partial charge in [0, 0.05) is 36.5 Å². The molecular weight excluding hydrogens is 324 g/mol. The number of hydrogen-bond acceptors (Lipinski definition) is 4. The fourth-order valence-corrected chi connectivity index (χ4v) is 2.59. The number of rotatable bonds is 8. The van der Waals surface area contributed by atoms with Crippen molar-refractivity contribution in [3.8, 4) is 5.75 Å². The molecule has 0 radical (unpaired) electrons. The van der Waals surface area contributed by atoms with E-state index in [0.717, 1.165) is 24.1 Å². The zero-order valence-corrected chi connectivity index (χ0v) is 15.2. The fourth-order valence-electron chi connectivity index (χ4n) is 2.43. The van der Waals surface area contributed by atoms with Crippen LogP contribution in [-0.4, -0.2) is 34.2 Å². The van der Waals surface area contributed by atoms with Crippen molar-refractivity contribution in [1.29, 1.82) is 0 Å². The van der Waals surface area contributed by atoms with Crippen LogP contribution in [0.25, 0.3) is 0 Å². The van der Waals surface area contributed by atoms with Gasteiger partial charge in [0.15, 0.2) is 0 Å². The second-order valence-electron chi connectivity index (χ2n) is 6.14. The number of hydrogen-bond donors (Lipinski definition) is 2. The summed E-state index contributed by atoms with van der Waals surface area (Å²) >= 11 is 5.88. The molecule has 24 heavy (non-hydrogen) atoms. The van der Waals surface area contributed by atoms with Crippen LogP contribution in [0.4, 0.5) is 5.69 Å². The van der Waals surface area contributed by atoms with Gasteiger partial charge in [0.25, 0.3) is 0 Å². The highest BCUT2D eigenvalue weighted by molar-refractivity contribution is 6.30. The Balaban J connectivity index is 2.06. The van der Waals surface area contributed by atoms with Gasteiger partial charge in [-0.15, -0.1) is 0 Å². The Bertz CT molecular complexity index is 683. The van der Waals surface area contributed by atoms with Gasteiger partial charge in [0.05, 0.1) is 16.9 Å². The summed E-state index contributed by atoms with van der Waals surface area (Å²) in [4.78, 5) is 4.59. The van der Waals surface area contributed by atoms with Crippen molar-refractivity contribution in [1.82, 2.24) is 15.1 Å². The normalized spacial score (nSPS) is 14.2. The highest BCUT2D eigenvalue weighted by atomic mass is 35.5. The first-order valence-electron chi connectivity index (χ1n) is 8.20. The molecule has 0 spiro atoms. The number of aliphatic imine (C=N–C) groups is 1. The first-order valence-corrected chi connectivity index (χ1v) is 8.57. The number of halogens is 1. The lowest BCUT2D eigenvalue weighted by atomic mass is 10.0. The highest BCUT2D eigenvalue weighted by Crippen LogP contribution is 2.29. The van der Waals surface area contributed by atoms with E-state index in [0.29, 0.717) is 23.4 Å². The van der Waals surface area contributed by atoms with Gasteiger partial charge < -0.3 is 10.4 Å². The minimum atomic E-state index is 0.201.